The van der Waals surface area contributed by atoms with Gasteiger partial charge >= 0.3 is 0 Å². The number of rotatable bonds is 2. The number of pyridine rings is 1. The van der Waals surface area contributed by atoms with Gasteiger partial charge in [0.15, 0.2) is 0 Å². The number of nitrogen functional groups attached to an aromatic ring is 1. The monoisotopic (exact) mass is 409 g/mol. The van der Waals surface area contributed by atoms with Crippen molar-refractivity contribution in [3.63, 3.8) is 0 Å². The van der Waals surface area contributed by atoms with Crippen LogP contribution in [0.15, 0.2) is 42.5 Å². The van der Waals surface area contributed by atoms with Crippen LogP contribution in [0.1, 0.15) is 5.69 Å². The summed E-state index contributed by atoms with van der Waals surface area (Å²) < 4.78 is 1.10. The van der Waals surface area contributed by atoms with Crippen molar-refractivity contribution in [3.05, 3.63) is 56.8 Å². The van der Waals surface area contributed by atoms with Gasteiger partial charge in [0, 0.05) is 26.0 Å². The van der Waals surface area contributed by atoms with Gasteiger partial charge in [0.25, 0.3) is 0 Å². The summed E-state index contributed by atoms with van der Waals surface area (Å²) in [6.07, 6.45) is 0. The Morgan fingerprint density at radius 1 is 1.10 bits per heavy atom. The first-order valence-electron chi connectivity index (χ1n) is 6.42. The molecule has 21 heavy (non-hydrogen) atoms. The predicted molar refractivity (Wildman–Crippen MR) is 98.3 cm³/mol. The molecule has 106 valence electrons. The van der Waals surface area contributed by atoms with Crippen molar-refractivity contribution in [3.8, 4) is 0 Å². The van der Waals surface area contributed by atoms with Crippen molar-refractivity contribution in [1.29, 1.82) is 0 Å². The van der Waals surface area contributed by atoms with Crippen LogP contribution in [-0.2, 0) is 0 Å². The summed E-state index contributed by atoms with van der Waals surface area (Å²) in [6.45, 7) is 1.97. The maximum atomic E-state index is 6.29. The fourth-order valence-electron chi connectivity index (χ4n) is 2.22. The molecule has 0 saturated heterocycles. The first-order chi connectivity index (χ1) is 10.0. The summed E-state index contributed by atoms with van der Waals surface area (Å²) in [5.41, 5.74) is 10.3. The van der Waals surface area contributed by atoms with Gasteiger partial charge < -0.3 is 11.1 Å². The third-order valence-electron chi connectivity index (χ3n) is 3.16. The van der Waals surface area contributed by atoms with Crippen LogP contribution in [0.3, 0.4) is 0 Å². The number of aromatic nitrogens is 1. The zero-order chi connectivity index (χ0) is 15.0. The van der Waals surface area contributed by atoms with E-state index in [1.54, 1.807) is 0 Å². The molecule has 0 amide bonds. The van der Waals surface area contributed by atoms with E-state index < -0.39 is 0 Å². The lowest BCUT2D eigenvalue weighted by atomic mass is 10.1. The maximum absolute atomic E-state index is 6.29. The first-order valence-corrected chi connectivity index (χ1v) is 7.87. The van der Waals surface area contributed by atoms with Gasteiger partial charge in [-0.25, -0.2) is 0 Å². The van der Waals surface area contributed by atoms with Gasteiger partial charge in [-0.15, -0.1) is 0 Å². The Balaban J connectivity index is 2.13. The molecule has 0 fully saturated rings. The number of hydrogen-bond donors (Lipinski definition) is 2. The topological polar surface area (TPSA) is 50.9 Å². The lowest BCUT2D eigenvalue weighted by Crippen LogP contribution is -1.96. The van der Waals surface area contributed by atoms with Crippen LogP contribution in [-0.4, -0.2) is 4.98 Å². The Labute approximate surface area is 141 Å². The quantitative estimate of drug-likeness (QED) is 0.456. The number of nitrogens with zero attached hydrogens (tertiary/aromatic N) is 1. The van der Waals surface area contributed by atoms with Crippen molar-refractivity contribution >= 4 is 62.2 Å². The van der Waals surface area contributed by atoms with E-state index in [1.807, 2.05) is 49.4 Å². The summed E-state index contributed by atoms with van der Waals surface area (Å²) >= 11 is 8.53. The molecule has 2 aromatic carbocycles. The molecule has 0 aliphatic rings. The number of fused-ring (bicyclic) bond motifs is 1. The van der Waals surface area contributed by atoms with E-state index in [2.05, 4.69) is 32.9 Å². The molecule has 0 aliphatic heterocycles. The number of halogens is 2. The zero-order valence-electron chi connectivity index (χ0n) is 11.3. The van der Waals surface area contributed by atoms with E-state index in [0.29, 0.717) is 10.7 Å². The number of hydrogen-bond acceptors (Lipinski definition) is 3. The predicted octanol–water partition coefficient (Wildman–Crippen LogP) is 5.13. The Kier molecular flexibility index (Phi) is 3.91. The number of nitrogens with one attached hydrogen (secondary N) is 1. The summed E-state index contributed by atoms with van der Waals surface area (Å²) in [6, 6.07) is 13.6. The van der Waals surface area contributed by atoms with Gasteiger partial charge in [-0.2, -0.15) is 0 Å². The molecule has 0 spiro atoms. The lowest BCUT2D eigenvalue weighted by Gasteiger charge is -2.13. The molecule has 0 unspecified atom stereocenters. The molecule has 0 radical (unpaired) electrons. The SMILES string of the molecule is Cc1cc(Nc2ccc(I)cc2Cl)c2cc(N)ccc2n1. The summed E-state index contributed by atoms with van der Waals surface area (Å²) in [5.74, 6) is 0. The van der Waals surface area contributed by atoms with Crippen molar-refractivity contribution in [2.45, 2.75) is 6.92 Å². The molecule has 3 nitrogen and oxygen atoms in total. The van der Waals surface area contributed by atoms with Crippen LogP contribution in [0.5, 0.6) is 0 Å². The highest BCUT2D eigenvalue weighted by Crippen LogP contribution is 2.31. The smallest absolute Gasteiger partial charge is 0.0727 e. The maximum Gasteiger partial charge on any atom is 0.0727 e. The number of aryl methyl sites for hydroxylation is 1. The van der Waals surface area contributed by atoms with Crippen LogP contribution in [0.25, 0.3) is 10.9 Å². The van der Waals surface area contributed by atoms with E-state index in [1.165, 1.54) is 0 Å². The minimum atomic E-state index is 0.688. The normalized spacial score (nSPS) is 10.8. The van der Waals surface area contributed by atoms with Gasteiger partial charge in [-0.3, -0.25) is 4.98 Å². The number of anilines is 3. The van der Waals surface area contributed by atoms with E-state index in [-0.39, 0.29) is 0 Å². The van der Waals surface area contributed by atoms with E-state index in [9.17, 15) is 0 Å². The van der Waals surface area contributed by atoms with Gasteiger partial charge in [0.1, 0.15) is 0 Å². The van der Waals surface area contributed by atoms with Crippen LogP contribution in [0.4, 0.5) is 17.1 Å². The van der Waals surface area contributed by atoms with Crippen molar-refractivity contribution in [2.24, 2.45) is 0 Å². The van der Waals surface area contributed by atoms with Gasteiger partial charge in [0.05, 0.1) is 16.2 Å². The highest BCUT2D eigenvalue weighted by atomic mass is 127. The van der Waals surface area contributed by atoms with Gasteiger partial charge in [-0.1, -0.05) is 11.6 Å². The second-order valence-corrected chi connectivity index (χ2v) is 6.49. The Morgan fingerprint density at radius 2 is 1.90 bits per heavy atom. The van der Waals surface area contributed by atoms with Gasteiger partial charge in [-0.05, 0) is 72.0 Å². The van der Waals surface area contributed by atoms with Crippen molar-refractivity contribution < 1.29 is 0 Å². The van der Waals surface area contributed by atoms with Crippen molar-refractivity contribution in [1.82, 2.24) is 4.98 Å². The summed E-state index contributed by atoms with van der Waals surface area (Å²) in [7, 11) is 0. The molecule has 3 N–H and O–H groups in total. The van der Waals surface area contributed by atoms with Gasteiger partial charge in [0.2, 0.25) is 0 Å². The average Bonchev–Trinajstić information content (AvgIpc) is 2.42. The minimum absolute atomic E-state index is 0.688. The lowest BCUT2D eigenvalue weighted by molar-refractivity contribution is 1.25. The van der Waals surface area contributed by atoms with Crippen LogP contribution < -0.4 is 11.1 Å². The standard InChI is InChI=1S/C16H13ClIN3/c1-9-6-16(12-8-11(19)3-5-14(12)20-9)21-15-4-2-10(18)7-13(15)17/h2-8H,19H2,1H3,(H,20,21). The highest BCUT2D eigenvalue weighted by molar-refractivity contribution is 14.1. The Hall–Kier alpha value is -1.53. The van der Waals surface area contributed by atoms with E-state index >= 15 is 0 Å². The minimum Gasteiger partial charge on any atom is -0.399 e. The fraction of sp³-hybridized carbons (Fsp3) is 0.0625. The fourth-order valence-corrected chi connectivity index (χ4v) is 3.12. The Morgan fingerprint density at radius 3 is 2.67 bits per heavy atom. The van der Waals surface area contributed by atoms with Crippen LogP contribution in [0.2, 0.25) is 5.02 Å². The van der Waals surface area contributed by atoms with E-state index in [4.69, 9.17) is 17.3 Å². The third-order valence-corrected chi connectivity index (χ3v) is 4.14. The molecule has 3 aromatic rings. The number of nitrogens with two attached hydrogens (primary N) is 1. The molecule has 3 rings (SSSR count). The first kappa shape index (κ1) is 14.4. The second-order valence-electron chi connectivity index (χ2n) is 4.84. The second kappa shape index (κ2) is 5.69. The zero-order valence-corrected chi connectivity index (χ0v) is 14.2. The molecule has 1 heterocycles. The third kappa shape index (κ3) is 3.06. The molecule has 0 atom stereocenters. The van der Waals surface area contributed by atoms with E-state index in [0.717, 1.165) is 31.5 Å². The van der Waals surface area contributed by atoms with Crippen LogP contribution in [0, 0.1) is 10.5 Å². The molecule has 5 heteroatoms. The largest absolute Gasteiger partial charge is 0.399 e. The molecule has 1 aromatic heterocycles. The molecule has 0 bridgehead atoms. The highest BCUT2D eigenvalue weighted by Gasteiger charge is 2.07. The molecular weight excluding hydrogens is 397 g/mol. The van der Waals surface area contributed by atoms with Crippen LogP contribution >= 0.6 is 34.2 Å². The number of benzene rings is 2. The molecular formula is C16H13ClIN3. The average molecular weight is 410 g/mol. The molecule has 0 saturated carbocycles. The summed E-state index contributed by atoms with van der Waals surface area (Å²) in [4.78, 5) is 4.53. The van der Waals surface area contributed by atoms with Crippen molar-refractivity contribution in [2.75, 3.05) is 11.1 Å². The molecule has 0 aliphatic carbocycles. The summed E-state index contributed by atoms with van der Waals surface area (Å²) in [5, 5.41) is 5.05. The Bertz CT molecular complexity index is 833.